The van der Waals surface area contributed by atoms with Crippen LogP contribution in [0.5, 0.6) is 11.5 Å². The number of aromatic nitrogens is 2. The molecule has 8 rings (SSSR count). The van der Waals surface area contributed by atoms with Crippen LogP contribution >= 0.6 is 0 Å². The molecule has 1 unspecified atom stereocenters. The Morgan fingerprint density at radius 1 is 1.03 bits per heavy atom. The maximum absolute atomic E-state index is 14.1. The number of nitrogens with zero attached hydrogens (tertiary/aromatic N) is 5. The zero-order valence-corrected chi connectivity index (χ0v) is 40.4. The number of nitrogens with one attached hydrogen (secondary N) is 2. The van der Waals surface area contributed by atoms with Gasteiger partial charge in [-0.2, -0.15) is 13.2 Å². The summed E-state index contributed by atoms with van der Waals surface area (Å²) in [5.41, 5.74) is 4.23. The van der Waals surface area contributed by atoms with Gasteiger partial charge in [0.05, 0.1) is 39.9 Å². The highest BCUT2D eigenvalue weighted by Crippen LogP contribution is 2.45. The number of H-pyrrole nitrogens is 1. The molecule has 19 heteroatoms. The molecule has 3 aromatic carbocycles. The monoisotopic (exact) mass is 989 g/mol. The van der Waals surface area contributed by atoms with Crippen molar-refractivity contribution >= 4 is 49.3 Å². The van der Waals surface area contributed by atoms with Gasteiger partial charge in [-0.25, -0.2) is 17.8 Å². The van der Waals surface area contributed by atoms with E-state index in [-0.39, 0.29) is 33.4 Å². The highest BCUT2D eigenvalue weighted by atomic mass is 32.2. The Kier molecular flexibility index (Phi) is 15.3. The molecule has 0 saturated carbocycles. The first kappa shape index (κ1) is 50.5. The molecule has 1 atom stereocenters. The van der Waals surface area contributed by atoms with Gasteiger partial charge < -0.3 is 24.7 Å². The highest BCUT2D eigenvalue weighted by Gasteiger charge is 2.34. The summed E-state index contributed by atoms with van der Waals surface area (Å²) >= 11 is 0. The average molecular weight is 990 g/mol. The zero-order valence-electron chi connectivity index (χ0n) is 39.6. The van der Waals surface area contributed by atoms with Crippen LogP contribution in [0.15, 0.2) is 89.6 Å². The number of morpholine rings is 1. The van der Waals surface area contributed by atoms with Gasteiger partial charge in [0.1, 0.15) is 35.3 Å². The number of halogens is 4. The van der Waals surface area contributed by atoms with Crippen LogP contribution < -0.4 is 15.0 Å². The smallest absolute Gasteiger partial charge is 0.416 e. The molecule has 2 fully saturated rings. The Hall–Kier alpha value is -5.89. The number of alkyl halides is 4. The van der Waals surface area contributed by atoms with E-state index < -0.39 is 50.4 Å². The molecule has 70 heavy (non-hydrogen) atoms. The number of anilines is 2. The van der Waals surface area contributed by atoms with Gasteiger partial charge in [-0.05, 0) is 110 Å². The van der Waals surface area contributed by atoms with Gasteiger partial charge in [0, 0.05) is 88.3 Å². The number of rotatable bonds is 18. The predicted molar refractivity (Wildman–Crippen MR) is 261 cm³/mol. The summed E-state index contributed by atoms with van der Waals surface area (Å²) in [6, 6.07) is 16.1. The summed E-state index contributed by atoms with van der Waals surface area (Å²) in [4.78, 5) is 39.2. The number of allylic oxidation sites excluding steroid dienone is 1. The molecule has 2 aromatic heterocycles. The molecule has 3 aliphatic rings. The lowest BCUT2D eigenvalue weighted by Gasteiger charge is -2.39. The molecular formula is C51H59F4N7O7S. The number of carbonyl (C=O) groups is 1. The maximum atomic E-state index is 14.1. The third kappa shape index (κ3) is 12.2. The van der Waals surface area contributed by atoms with Crippen LogP contribution in [-0.4, -0.2) is 123 Å². The second kappa shape index (κ2) is 21.2. The molecule has 4 heterocycles. The fraction of sp³-hybridized carbons (Fsp3) is 0.451. The zero-order chi connectivity index (χ0) is 49.8. The number of nitro groups is 1. The van der Waals surface area contributed by atoms with Crippen LogP contribution in [0.4, 0.5) is 34.6 Å². The SMILES string of the molecule is Cc1cc(C(F)(F)F)ccc1C1=C(CN2CCN(c3ccc(C(=O)CS(=O)(=O)c4ccc(NCCCC5CN(CCF)CCO5)c([N+](=O)[O-])c4)c(Oc4cnc5[nH]ccc5c4)c3)CC2)CCC(C)(C)C1. The second-order valence-electron chi connectivity index (χ2n) is 19.3. The Bertz CT molecular complexity index is 2860. The molecule has 14 nitrogen and oxygen atoms in total. The lowest BCUT2D eigenvalue weighted by Crippen LogP contribution is -2.47. The fourth-order valence-electron chi connectivity index (χ4n) is 9.70. The molecule has 374 valence electrons. The van der Waals surface area contributed by atoms with Gasteiger partial charge in [-0.1, -0.05) is 25.5 Å². The van der Waals surface area contributed by atoms with E-state index in [9.17, 15) is 40.9 Å². The number of benzene rings is 3. The molecule has 0 bridgehead atoms. The second-order valence-corrected chi connectivity index (χ2v) is 21.2. The van der Waals surface area contributed by atoms with Gasteiger partial charge >= 0.3 is 6.18 Å². The van der Waals surface area contributed by atoms with E-state index in [2.05, 4.69) is 38.9 Å². The van der Waals surface area contributed by atoms with Crippen LogP contribution in [0.1, 0.15) is 73.0 Å². The summed E-state index contributed by atoms with van der Waals surface area (Å²) in [5.74, 6) is -1.33. The van der Waals surface area contributed by atoms with Crippen molar-refractivity contribution in [3.05, 3.63) is 117 Å². The van der Waals surface area contributed by atoms with Crippen molar-refractivity contribution < 1.29 is 45.2 Å². The third-order valence-electron chi connectivity index (χ3n) is 13.6. The van der Waals surface area contributed by atoms with E-state index in [0.717, 1.165) is 47.5 Å². The predicted octanol–water partition coefficient (Wildman–Crippen LogP) is 9.90. The topological polar surface area (TPSA) is 163 Å². The first-order valence-corrected chi connectivity index (χ1v) is 25.3. The Balaban J connectivity index is 0.968. The molecule has 2 saturated heterocycles. The van der Waals surface area contributed by atoms with E-state index in [1.165, 1.54) is 42.1 Å². The molecule has 1 aliphatic carbocycles. The van der Waals surface area contributed by atoms with Crippen molar-refractivity contribution in [3.63, 3.8) is 0 Å². The highest BCUT2D eigenvalue weighted by molar-refractivity contribution is 7.92. The number of nitro benzene ring substituents is 1. The first-order chi connectivity index (χ1) is 33.4. The number of hydrogen-bond acceptors (Lipinski definition) is 12. The van der Waals surface area contributed by atoms with Crippen LogP contribution in [0.2, 0.25) is 0 Å². The van der Waals surface area contributed by atoms with Gasteiger partial charge in [0.15, 0.2) is 15.6 Å². The molecule has 0 amide bonds. The van der Waals surface area contributed by atoms with Crippen molar-refractivity contribution in [1.82, 2.24) is 19.8 Å². The summed E-state index contributed by atoms with van der Waals surface area (Å²) in [6.07, 6.45) is 2.56. The van der Waals surface area contributed by atoms with Gasteiger partial charge in [-0.15, -0.1) is 0 Å². The van der Waals surface area contributed by atoms with Crippen LogP contribution in [0.3, 0.4) is 0 Å². The van der Waals surface area contributed by atoms with E-state index in [1.54, 1.807) is 37.4 Å². The number of ketones is 1. The lowest BCUT2D eigenvalue weighted by atomic mass is 9.72. The van der Waals surface area contributed by atoms with Gasteiger partial charge in [0.2, 0.25) is 0 Å². The summed E-state index contributed by atoms with van der Waals surface area (Å²) in [5, 5.41) is 16.0. The summed E-state index contributed by atoms with van der Waals surface area (Å²) in [7, 11) is -4.40. The molecule has 2 N–H and O–H groups in total. The van der Waals surface area contributed by atoms with Gasteiger partial charge in [-0.3, -0.25) is 24.7 Å². The van der Waals surface area contributed by atoms with Crippen molar-refractivity contribution in [1.29, 1.82) is 0 Å². The normalized spacial score (nSPS) is 18.3. The molecule has 0 radical (unpaired) electrons. The van der Waals surface area contributed by atoms with Crippen LogP contribution in [-0.2, 0) is 20.8 Å². The average Bonchev–Trinajstić information content (AvgIpc) is 3.79. The lowest BCUT2D eigenvalue weighted by molar-refractivity contribution is -0.384. The van der Waals surface area contributed by atoms with E-state index in [1.807, 2.05) is 11.0 Å². The van der Waals surface area contributed by atoms with Crippen molar-refractivity contribution in [2.24, 2.45) is 5.41 Å². The van der Waals surface area contributed by atoms with Crippen molar-refractivity contribution in [2.45, 2.75) is 70.1 Å². The van der Waals surface area contributed by atoms with Crippen LogP contribution in [0.25, 0.3) is 16.6 Å². The maximum Gasteiger partial charge on any atom is 0.416 e. The summed E-state index contributed by atoms with van der Waals surface area (Å²) in [6.45, 7) is 11.5. The number of carbonyl (C=O) groups excluding carboxylic acids is 1. The number of fused-ring (bicyclic) bond motifs is 1. The Labute approximate surface area is 405 Å². The number of hydrogen-bond donors (Lipinski definition) is 2. The number of aryl methyl sites for hydroxylation is 1. The minimum Gasteiger partial charge on any atom is -0.455 e. The van der Waals surface area contributed by atoms with E-state index >= 15 is 0 Å². The number of aromatic amines is 1. The standard InChI is InChI=1S/C51H59F4N7O7S/c1-34-25-37(51(53,54)55)6-9-42(34)44-29-50(2,3)14-12-36(44)31-60-19-21-61(22-20-60)38-7-10-43(48(27-38)69-40-26-35-13-17-57-49(35)58-30-40)47(63)33-70(66,67)41-8-11-45(46(28-41)62(64)65)56-16-4-5-39-32-59(18-15-52)23-24-68-39/h6-11,13,17,25-28,30,39,56H,4-5,12,14-16,18-24,29,31-33H2,1-3H3,(H,57,58). The first-order valence-electron chi connectivity index (χ1n) is 23.7. The minimum atomic E-state index is -4.42. The number of ether oxygens (including phenoxy) is 2. The molecular weight excluding hydrogens is 931 g/mol. The van der Waals surface area contributed by atoms with Gasteiger partial charge in [0.25, 0.3) is 5.69 Å². The molecule has 5 aromatic rings. The fourth-order valence-corrected chi connectivity index (χ4v) is 10.9. The number of piperazine rings is 1. The Morgan fingerprint density at radius 2 is 1.83 bits per heavy atom. The Morgan fingerprint density at radius 3 is 2.57 bits per heavy atom. The quantitative estimate of drug-likeness (QED) is 0.0281. The van der Waals surface area contributed by atoms with Crippen molar-refractivity contribution in [3.8, 4) is 11.5 Å². The molecule has 0 spiro atoms. The number of sulfone groups is 1. The van der Waals surface area contributed by atoms with E-state index in [4.69, 9.17) is 9.47 Å². The van der Waals surface area contributed by atoms with Crippen molar-refractivity contribution in [2.75, 3.05) is 88.2 Å². The summed E-state index contributed by atoms with van der Waals surface area (Å²) < 4.78 is 93.4. The molecule has 2 aliphatic heterocycles. The number of pyridine rings is 1. The van der Waals surface area contributed by atoms with E-state index in [0.29, 0.717) is 95.3 Å². The largest absolute Gasteiger partial charge is 0.455 e. The third-order valence-corrected chi connectivity index (χ3v) is 15.2. The minimum absolute atomic E-state index is 0.000854. The van der Waals surface area contributed by atoms with Crippen LogP contribution in [0, 0.1) is 22.5 Å². The number of Topliss-reactive ketones (excluding diaryl/α,β-unsaturated/α-hetero) is 1.